The van der Waals surface area contributed by atoms with Crippen LogP contribution < -0.4 is 10.6 Å². The molecule has 1 aromatic heterocycles. The van der Waals surface area contributed by atoms with E-state index in [0.717, 1.165) is 27.9 Å². The first-order valence-corrected chi connectivity index (χ1v) is 13.8. The molecule has 40 heavy (non-hydrogen) atoms. The molecule has 3 heterocycles. The van der Waals surface area contributed by atoms with Gasteiger partial charge >= 0.3 is 6.03 Å². The molecule has 0 saturated carbocycles. The smallest absolute Gasteiger partial charge is 0.322 e. The topological polar surface area (TPSA) is 94.6 Å². The zero-order valence-corrected chi connectivity index (χ0v) is 23.2. The fraction of sp³-hybridized carbons (Fsp3) is 0.312. The van der Waals surface area contributed by atoms with Crippen molar-refractivity contribution in [2.75, 3.05) is 19.6 Å². The molecule has 0 spiro atoms. The van der Waals surface area contributed by atoms with E-state index in [-0.39, 0.29) is 24.4 Å². The first kappa shape index (κ1) is 27.1. The maximum Gasteiger partial charge on any atom is 0.322 e. The van der Waals surface area contributed by atoms with E-state index in [1.807, 2.05) is 81.4 Å². The number of rotatable bonds is 9. The number of urea groups is 1. The Balaban J connectivity index is 1.45. The lowest BCUT2D eigenvalue weighted by Crippen LogP contribution is -2.50. The van der Waals surface area contributed by atoms with E-state index < -0.39 is 12.1 Å². The Morgan fingerprint density at radius 1 is 1.07 bits per heavy atom. The number of hydrogen-bond acceptors (Lipinski definition) is 4. The average Bonchev–Trinajstić information content (AvgIpc) is 3.29. The van der Waals surface area contributed by atoms with Crippen LogP contribution in [0.2, 0.25) is 0 Å². The van der Waals surface area contributed by atoms with Crippen LogP contribution in [0.1, 0.15) is 40.9 Å². The number of likely N-dealkylation sites (N-methyl/N-ethyl adjacent to an activating group) is 1. The van der Waals surface area contributed by atoms with Crippen LogP contribution in [0.4, 0.5) is 4.79 Å². The van der Waals surface area contributed by atoms with E-state index in [0.29, 0.717) is 37.2 Å². The molecule has 8 nitrogen and oxygen atoms in total. The highest BCUT2D eigenvalue weighted by Crippen LogP contribution is 2.38. The summed E-state index contributed by atoms with van der Waals surface area (Å²) < 4.78 is 0. The Labute approximate surface area is 235 Å². The van der Waals surface area contributed by atoms with Crippen molar-refractivity contribution >= 4 is 17.8 Å². The van der Waals surface area contributed by atoms with Gasteiger partial charge in [-0.15, -0.1) is 0 Å². The summed E-state index contributed by atoms with van der Waals surface area (Å²) in [6, 6.07) is 19.9. The first-order valence-electron chi connectivity index (χ1n) is 13.8. The molecule has 8 heteroatoms. The second-order valence-electron chi connectivity index (χ2n) is 10.3. The lowest BCUT2D eigenvalue weighted by atomic mass is 9.91. The molecule has 2 aliphatic rings. The van der Waals surface area contributed by atoms with Crippen molar-refractivity contribution in [3.8, 4) is 0 Å². The van der Waals surface area contributed by atoms with Crippen LogP contribution in [0.25, 0.3) is 0 Å². The van der Waals surface area contributed by atoms with Gasteiger partial charge in [-0.3, -0.25) is 19.5 Å². The fourth-order valence-corrected chi connectivity index (χ4v) is 5.64. The van der Waals surface area contributed by atoms with Gasteiger partial charge in [0.1, 0.15) is 6.04 Å². The van der Waals surface area contributed by atoms with Gasteiger partial charge < -0.3 is 15.5 Å². The number of carbonyl (C=O) groups is 3. The van der Waals surface area contributed by atoms with E-state index in [2.05, 4.69) is 21.7 Å². The SMILES string of the molecule is CCN1C(=O)N[C@@H](c2ccc(C)cc2C)C2=C1CN([C@H](Cc1ccccc1)C(=O)NCCc1ccccn1)C2=O. The average molecular weight is 538 g/mol. The van der Waals surface area contributed by atoms with Crippen LogP contribution in [0.3, 0.4) is 0 Å². The third kappa shape index (κ3) is 5.47. The Morgan fingerprint density at radius 3 is 2.55 bits per heavy atom. The predicted octanol–water partition coefficient (Wildman–Crippen LogP) is 3.85. The summed E-state index contributed by atoms with van der Waals surface area (Å²) in [7, 11) is 0. The number of aromatic nitrogens is 1. The van der Waals surface area contributed by atoms with E-state index in [9.17, 15) is 14.4 Å². The summed E-state index contributed by atoms with van der Waals surface area (Å²) in [5.74, 6) is -0.447. The maximum absolute atomic E-state index is 14.2. The van der Waals surface area contributed by atoms with E-state index in [4.69, 9.17) is 0 Å². The largest absolute Gasteiger partial charge is 0.354 e. The molecule has 0 bridgehead atoms. The third-order valence-electron chi connectivity index (χ3n) is 7.66. The molecule has 0 unspecified atom stereocenters. The molecule has 2 aromatic carbocycles. The fourth-order valence-electron chi connectivity index (χ4n) is 5.64. The van der Waals surface area contributed by atoms with E-state index in [1.165, 1.54) is 0 Å². The number of aryl methyl sites for hydroxylation is 2. The van der Waals surface area contributed by atoms with Gasteiger partial charge in [-0.1, -0.05) is 60.2 Å². The minimum Gasteiger partial charge on any atom is -0.354 e. The minimum atomic E-state index is -0.738. The normalized spacial score (nSPS) is 17.5. The second kappa shape index (κ2) is 11.7. The highest BCUT2D eigenvalue weighted by Gasteiger charge is 2.47. The Kier molecular flexibility index (Phi) is 7.96. The molecule has 206 valence electrons. The van der Waals surface area contributed by atoms with Gasteiger partial charge in [0.2, 0.25) is 5.91 Å². The second-order valence-corrected chi connectivity index (χ2v) is 10.3. The van der Waals surface area contributed by atoms with Crippen molar-refractivity contribution in [3.63, 3.8) is 0 Å². The lowest BCUT2D eigenvalue weighted by Gasteiger charge is -2.33. The van der Waals surface area contributed by atoms with Crippen molar-refractivity contribution in [2.45, 2.75) is 45.7 Å². The summed E-state index contributed by atoms with van der Waals surface area (Å²) in [4.78, 5) is 48.7. The van der Waals surface area contributed by atoms with Crippen LogP contribution in [0.5, 0.6) is 0 Å². The number of amides is 4. The minimum absolute atomic E-state index is 0.196. The van der Waals surface area contributed by atoms with Crippen LogP contribution in [0, 0.1) is 13.8 Å². The Morgan fingerprint density at radius 2 is 1.85 bits per heavy atom. The zero-order chi connectivity index (χ0) is 28.2. The van der Waals surface area contributed by atoms with E-state index in [1.54, 1.807) is 16.0 Å². The summed E-state index contributed by atoms with van der Waals surface area (Å²) >= 11 is 0. The van der Waals surface area contributed by atoms with Gasteiger partial charge in [-0.05, 0) is 49.6 Å². The van der Waals surface area contributed by atoms with Crippen molar-refractivity contribution in [2.24, 2.45) is 0 Å². The summed E-state index contributed by atoms with van der Waals surface area (Å²) in [6.07, 6.45) is 2.68. The van der Waals surface area contributed by atoms with Crippen molar-refractivity contribution < 1.29 is 14.4 Å². The number of nitrogens with one attached hydrogen (secondary N) is 2. The number of benzene rings is 2. The van der Waals surface area contributed by atoms with E-state index >= 15 is 0 Å². The van der Waals surface area contributed by atoms with Crippen LogP contribution >= 0.6 is 0 Å². The highest BCUT2D eigenvalue weighted by molar-refractivity contribution is 6.03. The van der Waals surface area contributed by atoms with Gasteiger partial charge in [-0.25, -0.2) is 4.79 Å². The maximum atomic E-state index is 14.2. The predicted molar refractivity (Wildman–Crippen MR) is 153 cm³/mol. The highest BCUT2D eigenvalue weighted by atomic mass is 16.2. The first-order chi connectivity index (χ1) is 19.4. The molecule has 2 aliphatic heterocycles. The molecule has 4 amide bonds. The van der Waals surface area contributed by atoms with Gasteiger partial charge in [0.15, 0.2) is 0 Å². The summed E-state index contributed by atoms with van der Waals surface area (Å²) in [6.45, 7) is 6.92. The lowest BCUT2D eigenvalue weighted by molar-refractivity contribution is -0.136. The summed E-state index contributed by atoms with van der Waals surface area (Å²) in [5, 5.41) is 6.10. The zero-order valence-electron chi connectivity index (χ0n) is 23.2. The van der Waals surface area contributed by atoms with Crippen LogP contribution in [-0.4, -0.2) is 58.3 Å². The van der Waals surface area contributed by atoms with Gasteiger partial charge in [-0.2, -0.15) is 0 Å². The van der Waals surface area contributed by atoms with Crippen LogP contribution in [0.15, 0.2) is 84.2 Å². The Hall–Kier alpha value is -4.46. The van der Waals surface area contributed by atoms with Gasteiger partial charge in [0.25, 0.3) is 5.91 Å². The number of nitrogens with zero attached hydrogens (tertiary/aromatic N) is 3. The standard InChI is InChI=1S/C32H35N5O3/c1-4-36-27-20-37(31(39)28(27)29(35-32(36)40)25-14-13-21(2)18-22(25)3)26(19-23-10-6-5-7-11-23)30(38)34-17-15-24-12-8-9-16-33-24/h5-14,16,18,26,29H,4,15,17,19-20H2,1-3H3,(H,34,38)(H,35,40)/t26-,29+/m1/s1. The molecule has 2 atom stereocenters. The number of hydrogen-bond donors (Lipinski definition) is 2. The molecule has 0 radical (unpaired) electrons. The molecule has 0 fully saturated rings. The van der Waals surface area contributed by atoms with Crippen molar-refractivity contribution in [1.29, 1.82) is 0 Å². The molecular formula is C32H35N5O3. The summed E-state index contributed by atoms with van der Waals surface area (Å²) in [5.41, 5.74) is 6.04. The van der Waals surface area contributed by atoms with Crippen molar-refractivity contribution in [1.82, 2.24) is 25.4 Å². The quantitative estimate of drug-likeness (QED) is 0.434. The van der Waals surface area contributed by atoms with Crippen LogP contribution in [-0.2, 0) is 22.4 Å². The molecule has 2 N–H and O–H groups in total. The van der Waals surface area contributed by atoms with Gasteiger partial charge in [0, 0.05) is 37.8 Å². The number of pyridine rings is 1. The third-order valence-corrected chi connectivity index (χ3v) is 7.66. The monoisotopic (exact) mass is 537 g/mol. The molecule has 0 saturated heterocycles. The molecule has 3 aromatic rings. The molecule has 0 aliphatic carbocycles. The van der Waals surface area contributed by atoms with Crippen molar-refractivity contribution in [3.05, 3.63) is 112 Å². The molecular weight excluding hydrogens is 502 g/mol. The Bertz CT molecular complexity index is 1440. The number of carbonyl (C=O) groups excluding carboxylic acids is 3. The molecule has 5 rings (SSSR count). The van der Waals surface area contributed by atoms with Gasteiger partial charge in [0.05, 0.1) is 23.9 Å².